The van der Waals surface area contributed by atoms with E-state index in [4.69, 9.17) is 4.74 Å². The minimum Gasteiger partial charge on any atom is -0.496 e. The van der Waals surface area contributed by atoms with Crippen molar-refractivity contribution in [1.29, 1.82) is 0 Å². The number of rotatable bonds is 6. The van der Waals surface area contributed by atoms with Crippen LogP contribution in [0.1, 0.15) is 19.4 Å². The molecule has 0 aliphatic heterocycles. The van der Waals surface area contributed by atoms with Gasteiger partial charge in [-0.05, 0) is 26.8 Å². The van der Waals surface area contributed by atoms with E-state index in [-0.39, 0.29) is 18.1 Å². The van der Waals surface area contributed by atoms with Crippen LogP contribution in [0.25, 0.3) is 0 Å². The van der Waals surface area contributed by atoms with Crippen LogP contribution in [-0.4, -0.2) is 33.0 Å². The molecule has 0 saturated heterocycles. The SMILES string of the molecule is Cc1ccc(OCCS(=O)(=O)C(C)C)c([B-](F)(F)F)c1. The normalized spacial score (nSPS) is 12.8. The van der Waals surface area contributed by atoms with Crippen LogP contribution in [0.4, 0.5) is 12.9 Å². The summed E-state index contributed by atoms with van der Waals surface area (Å²) >= 11 is 0. The van der Waals surface area contributed by atoms with Gasteiger partial charge in [-0.25, -0.2) is 8.42 Å². The van der Waals surface area contributed by atoms with Crippen molar-refractivity contribution < 1.29 is 26.1 Å². The molecule has 3 nitrogen and oxygen atoms in total. The molecule has 0 aliphatic rings. The highest BCUT2D eigenvalue weighted by atomic mass is 32.2. The minimum atomic E-state index is -5.19. The number of sulfone groups is 1. The van der Waals surface area contributed by atoms with Crippen LogP contribution >= 0.6 is 0 Å². The van der Waals surface area contributed by atoms with Crippen LogP contribution in [0.15, 0.2) is 18.2 Å². The third-order valence-corrected chi connectivity index (χ3v) is 5.03. The van der Waals surface area contributed by atoms with Crippen molar-refractivity contribution in [3.63, 3.8) is 0 Å². The summed E-state index contributed by atoms with van der Waals surface area (Å²) in [6.45, 7) is -0.888. The average Bonchev–Trinajstić information content (AvgIpc) is 2.29. The zero-order valence-corrected chi connectivity index (χ0v) is 12.4. The van der Waals surface area contributed by atoms with Gasteiger partial charge in [0.1, 0.15) is 6.61 Å². The number of aryl methyl sites for hydroxylation is 1. The molecule has 0 fully saturated rings. The van der Waals surface area contributed by atoms with Crippen molar-refractivity contribution >= 4 is 22.3 Å². The molecule has 1 aromatic rings. The van der Waals surface area contributed by atoms with Crippen LogP contribution in [0.5, 0.6) is 5.75 Å². The van der Waals surface area contributed by atoms with Crippen molar-refractivity contribution in [2.24, 2.45) is 0 Å². The lowest BCUT2D eigenvalue weighted by Crippen LogP contribution is -2.36. The van der Waals surface area contributed by atoms with E-state index in [0.717, 1.165) is 6.07 Å². The molecular weight excluding hydrogens is 292 g/mol. The summed E-state index contributed by atoms with van der Waals surface area (Å²) in [5.74, 6) is -0.620. The summed E-state index contributed by atoms with van der Waals surface area (Å²) in [5, 5.41) is -0.574. The lowest BCUT2D eigenvalue weighted by molar-refractivity contribution is 0.341. The fraction of sp³-hybridized carbons (Fsp3) is 0.500. The van der Waals surface area contributed by atoms with Gasteiger partial charge in [0, 0.05) is 0 Å². The van der Waals surface area contributed by atoms with E-state index in [1.165, 1.54) is 26.0 Å². The molecular formula is C12H17BF3O3S-. The number of hydrogen-bond donors (Lipinski definition) is 0. The summed E-state index contributed by atoms with van der Waals surface area (Å²) < 4.78 is 66.8. The molecule has 8 heteroatoms. The second-order valence-electron chi connectivity index (χ2n) is 4.88. The summed E-state index contributed by atoms with van der Waals surface area (Å²) in [7, 11) is -3.33. The summed E-state index contributed by atoms with van der Waals surface area (Å²) in [6.07, 6.45) is 0. The van der Waals surface area contributed by atoms with Gasteiger partial charge in [-0.1, -0.05) is 23.2 Å². The van der Waals surface area contributed by atoms with Crippen LogP contribution in [0.3, 0.4) is 0 Å². The Kier molecular flexibility index (Phi) is 5.12. The first-order valence-electron chi connectivity index (χ1n) is 6.19. The molecule has 0 heterocycles. The highest BCUT2D eigenvalue weighted by Crippen LogP contribution is 2.19. The van der Waals surface area contributed by atoms with Crippen molar-refractivity contribution in [2.75, 3.05) is 12.4 Å². The summed E-state index contributed by atoms with van der Waals surface area (Å²) in [6, 6.07) is 3.73. The molecule has 0 bridgehead atoms. The first kappa shape index (κ1) is 16.9. The van der Waals surface area contributed by atoms with Gasteiger partial charge >= 0.3 is 6.98 Å². The Bertz CT molecular complexity index is 568. The van der Waals surface area contributed by atoms with E-state index in [9.17, 15) is 21.4 Å². The molecule has 20 heavy (non-hydrogen) atoms. The number of benzene rings is 1. The monoisotopic (exact) mass is 309 g/mol. The van der Waals surface area contributed by atoms with Crippen molar-refractivity contribution in [2.45, 2.75) is 26.0 Å². The topological polar surface area (TPSA) is 43.4 Å². The smallest absolute Gasteiger partial charge is 0.496 e. The molecule has 0 N–H and O–H groups in total. The van der Waals surface area contributed by atoms with Crippen molar-refractivity contribution in [1.82, 2.24) is 0 Å². The largest absolute Gasteiger partial charge is 0.513 e. The van der Waals surface area contributed by atoms with Gasteiger partial charge in [-0.3, -0.25) is 0 Å². The maximum absolute atomic E-state index is 12.9. The number of hydrogen-bond acceptors (Lipinski definition) is 3. The zero-order chi connectivity index (χ0) is 15.6. The summed E-state index contributed by atoms with van der Waals surface area (Å²) in [5.41, 5.74) is -0.353. The molecule has 114 valence electrons. The molecule has 0 unspecified atom stereocenters. The fourth-order valence-electron chi connectivity index (χ4n) is 1.56. The number of halogens is 3. The van der Waals surface area contributed by atoms with Crippen LogP contribution in [-0.2, 0) is 9.84 Å². The predicted molar refractivity (Wildman–Crippen MR) is 74.3 cm³/mol. The molecule has 0 radical (unpaired) electrons. The van der Waals surface area contributed by atoms with Crippen LogP contribution in [0.2, 0.25) is 0 Å². The maximum Gasteiger partial charge on any atom is 0.513 e. The quantitative estimate of drug-likeness (QED) is 0.757. The highest BCUT2D eigenvalue weighted by Gasteiger charge is 2.29. The third kappa shape index (κ3) is 4.43. The van der Waals surface area contributed by atoms with Gasteiger partial charge < -0.3 is 17.7 Å². The first-order chi connectivity index (χ1) is 9.04. The van der Waals surface area contributed by atoms with Crippen molar-refractivity contribution in [3.05, 3.63) is 23.8 Å². The van der Waals surface area contributed by atoms with Gasteiger partial charge in [0.25, 0.3) is 0 Å². The maximum atomic E-state index is 12.9. The Labute approximate surface area is 117 Å². The predicted octanol–water partition coefficient (Wildman–Crippen LogP) is 2.25. The van der Waals surface area contributed by atoms with Gasteiger partial charge in [0.15, 0.2) is 9.84 Å². The van der Waals surface area contributed by atoms with Gasteiger partial charge in [0.05, 0.1) is 16.8 Å². The molecule has 1 aromatic carbocycles. The zero-order valence-electron chi connectivity index (χ0n) is 11.6. The molecule has 0 aliphatic carbocycles. The average molecular weight is 309 g/mol. The van der Waals surface area contributed by atoms with E-state index in [1.807, 2.05) is 0 Å². The van der Waals surface area contributed by atoms with E-state index < -0.39 is 27.5 Å². The van der Waals surface area contributed by atoms with E-state index in [1.54, 1.807) is 6.92 Å². The standard InChI is InChI=1S/C12H17BF3O3S/c1-9(2)20(17,18)7-6-19-12-5-4-10(3)8-11(12)13(14,15)16/h4-5,8-9H,6-7H2,1-3H3/q-1. The van der Waals surface area contributed by atoms with Crippen LogP contribution in [0, 0.1) is 6.92 Å². The Hall–Kier alpha value is -1.18. The molecule has 1 rings (SSSR count). The third-order valence-electron chi connectivity index (χ3n) is 2.86. The van der Waals surface area contributed by atoms with E-state index in [0.29, 0.717) is 5.56 Å². The Morgan fingerprint density at radius 2 is 1.85 bits per heavy atom. The van der Waals surface area contributed by atoms with Crippen LogP contribution < -0.4 is 10.2 Å². The Balaban J connectivity index is 2.84. The molecule has 0 spiro atoms. The second-order valence-corrected chi connectivity index (χ2v) is 7.56. The van der Waals surface area contributed by atoms with Gasteiger partial charge in [-0.15, -0.1) is 0 Å². The van der Waals surface area contributed by atoms with Gasteiger partial charge in [-0.2, -0.15) is 0 Å². The lowest BCUT2D eigenvalue weighted by atomic mass is 9.78. The Morgan fingerprint density at radius 3 is 2.35 bits per heavy atom. The highest BCUT2D eigenvalue weighted by molar-refractivity contribution is 7.91. The molecule has 0 amide bonds. The molecule has 0 atom stereocenters. The van der Waals surface area contributed by atoms with E-state index >= 15 is 0 Å². The Morgan fingerprint density at radius 1 is 1.25 bits per heavy atom. The lowest BCUT2D eigenvalue weighted by Gasteiger charge is -2.20. The van der Waals surface area contributed by atoms with Gasteiger partial charge in [0.2, 0.25) is 0 Å². The summed E-state index contributed by atoms with van der Waals surface area (Å²) in [4.78, 5) is 0. The number of ether oxygens (including phenoxy) is 1. The second kappa shape index (κ2) is 6.07. The van der Waals surface area contributed by atoms with Crippen molar-refractivity contribution in [3.8, 4) is 5.75 Å². The molecule has 0 aromatic heterocycles. The van der Waals surface area contributed by atoms with E-state index in [2.05, 4.69) is 0 Å². The minimum absolute atomic E-state index is 0.289. The first-order valence-corrected chi connectivity index (χ1v) is 7.90. The molecule has 0 saturated carbocycles. The fourth-order valence-corrected chi connectivity index (χ4v) is 2.35.